The number of hydrogen-bond donors (Lipinski definition) is 2. The van der Waals surface area contributed by atoms with Gasteiger partial charge < -0.3 is 25.3 Å². The van der Waals surface area contributed by atoms with Gasteiger partial charge in [0.25, 0.3) is 0 Å². The van der Waals surface area contributed by atoms with Gasteiger partial charge in [-0.25, -0.2) is 0 Å². The molecule has 24 heavy (non-hydrogen) atoms. The van der Waals surface area contributed by atoms with Crippen LogP contribution in [0.1, 0.15) is 24.5 Å². The predicted molar refractivity (Wildman–Crippen MR) is 94.6 cm³/mol. The van der Waals surface area contributed by atoms with Crippen LogP contribution in [-0.2, 0) is 13.0 Å². The van der Waals surface area contributed by atoms with Crippen LogP contribution in [0.4, 0.5) is 5.69 Å². The molecule has 0 radical (unpaired) electrons. The van der Waals surface area contributed by atoms with E-state index in [0.29, 0.717) is 19.1 Å². The van der Waals surface area contributed by atoms with Crippen molar-refractivity contribution in [2.75, 3.05) is 25.7 Å². The van der Waals surface area contributed by atoms with E-state index in [2.05, 4.69) is 24.4 Å². The summed E-state index contributed by atoms with van der Waals surface area (Å²) in [6.45, 7) is 4.76. The molecular weight excluding hydrogens is 304 g/mol. The standard InChI is InChI=1S/C19H24N2O3/c1-2-9-22-17-5-3-14(10-16(17)20)7-8-21-12-15-4-6-18-19(11-15)24-13-23-18/h3-6,10-11,21H,2,7-9,12-13,20H2,1H3. The van der Waals surface area contributed by atoms with Crippen LogP contribution in [0.5, 0.6) is 17.2 Å². The lowest BCUT2D eigenvalue weighted by Gasteiger charge is -2.10. The van der Waals surface area contributed by atoms with Crippen LogP contribution in [-0.4, -0.2) is 19.9 Å². The topological polar surface area (TPSA) is 65.7 Å². The third kappa shape index (κ3) is 4.11. The lowest BCUT2D eigenvalue weighted by molar-refractivity contribution is 0.174. The van der Waals surface area contributed by atoms with E-state index in [4.69, 9.17) is 19.9 Å². The molecule has 2 aromatic carbocycles. The van der Waals surface area contributed by atoms with Crippen molar-refractivity contribution in [1.29, 1.82) is 0 Å². The van der Waals surface area contributed by atoms with Crippen molar-refractivity contribution >= 4 is 5.69 Å². The molecule has 0 unspecified atom stereocenters. The second-order valence-electron chi connectivity index (χ2n) is 5.84. The van der Waals surface area contributed by atoms with Crippen LogP contribution in [0, 0.1) is 0 Å². The third-order valence-corrected chi connectivity index (χ3v) is 3.89. The summed E-state index contributed by atoms with van der Waals surface area (Å²) in [7, 11) is 0. The Morgan fingerprint density at radius 2 is 1.92 bits per heavy atom. The fourth-order valence-electron chi connectivity index (χ4n) is 2.61. The maximum absolute atomic E-state index is 6.04. The first-order valence-electron chi connectivity index (χ1n) is 8.36. The number of benzene rings is 2. The van der Waals surface area contributed by atoms with E-state index in [0.717, 1.165) is 43.2 Å². The van der Waals surface area contributed by atoms with Gasteiger partial charge in [0.05, 0.1) is 12.3 Å². The molecule has 5 nitrogen and oxygen atoms in total. The number of hydrogen-bond acceptors (Lipinski definition) is 5. The molecule has 0 amide bonds. The minimum absolute atomic E-state index is 0.311. The molecule has 0 saturated carbocycles. The highest BCUT2D eigenvalue weighted by Gasteiger charge is 2.12. The van der Waals surface area contributed by atoms with Crippen LogP contribution >= 0.6 is 0 Å². The van der Waals surface area contributed by atoms with Crippen molar-refractivity contribution in [3.63, 3.8) is 0 Å². The minimum Gasteiger partial charge on any atom is -0.491 e. The van der Waals surface area contributed by atoms with Crippen LogP contribution < -0.4 is 25.3 Å². The van der Waals surface area contributed by atoms with E-state index < -0.39 is 0 Å². The zero-order valence-electron chi connectivity index (χ0n) is 14.0. The Labute approximate surface area is 142 Å². The number of anilines is 1. The zero-order valence-corrected chi connectivity index (χ0v) is 14.0. The Morgan fingerprint density at radius 3 is 2.75 bits per heavy atom. The van der Waals surface area contributed by atoms with Gasteiger partial charge in [-0.3, -0.25) is 0 Å². The second kappa shape index (κ2) is 7.93. The lowest BCUT2D eigenvalue weighted by atomic mass is 10.1. The molecular formula is C19H24N2O3. The van der Waals surface area contributed by atoms with Gasteiger partial charge in [0, 0.05) is 6.54 Å². The molecule has 128 valence electrons. The number of rotatable bonds is 8. The molecule has 2 aromatic rings. The first kappa shape index (κ1) is 16.5. The van der Waals surface area contributed by atoms with Gasteiger partial charge in [-0.05, 0) is 54.8 Å². The van der Waals surface area contributed by atoms with Crippen LogP contribution in [0.15, 0.2) is 36.4 Å². The molecule has 1 aliphatic rings. The highest BCUT2D eigenvalue weighted by molar-refractivity contribution is 5.54. The quantitative estimate of drug-likeness (QED) is 0.576. The summed E-state index contributed by atoms with van der Waals surface area (Å²) in [5, 5.41) is 3.44. The SMILES string of the molecule is CCCOc1ccc(CCNCc2ccc3c(c2)OCO3)cc1N. The van der Waals surface area contributed by atoms with Crippen molar-refractivity contribution in [3.05, 3.63) is 47.5 Å². The summed E-state index contributed by atoms with van der Waals surface area (Å²) in [6.07, 6.45) is 1.90. The fourth-order valence-corrected chi connectivity index (χ4v) is 2.61. The van der Waals surface area contributed by atoms with Gasteiger partial charge >= 0.3 is 0 Å². The fraction of sp³-hybridized carbons (Fsp3) is 0.368. The smallest absolute Gasteiger partial charge is 0.231 e. The summed E-state index contributed by atoms with van der Waals surface area (Å²) in [5.74, 6) is 2.42. The summed E-state index contributed by atoms with van der Waals surface area (Å²) in [6, 6.07) is 12.1. The number of nitrogens with one attached hydrogen (secondary N) is 1. The van der Waals surface area contributed by atoms with E-state index in [1.54, 1.807) is 0 Å². The Hall–Kier alpha value is -2.40. The van der Waals surface area contributed by atoms with Crippen LogP contribution in [0.25, 0.3) is 0 Å². The third-order valence-electron chi connectivity index (χ3n) is 3.89. The second-order valence-corrected chi connectivity index (χ2v) is 5.84. The Balaban J connectivity index is 1.45. The van der Waals surface area contributed by atoms with E-state index in [9.17, 15) is 0 Å². The first-order chi connectivity index (χ1) is 11.8. The van der Waals surface area contributed by atoms with Crippen molar-refractivity contribution in [2.45, 2.75) is 26.3 Å². The lowest BCUT2D eigenvalue weighted by Crippen LogP contribution is -2.16. The predicted octanol–water partition coefficient (Wildman–Crippen LogP) is 3.12. The first-order valence-corrected chi connectivity index (χ1v) is 8.36. The molecule has 0 bridgehead atoms. The van der Waals surface area contributed by atoms with Gasteiger partial charge in [-0.1, -0.05) is 19.1 Å². The molecule has 1 heterocycles. The van der Waals surface area contributed by atoms with Gasteiger partial charge in [-0.15, -0.1) is 0 Å². The number of ether oxygens (including phenoxy) is 3. The Bertz CT molecular complexity index is 688. The summed E-state index contributed by atoms with van der Waals surface area (Å²) >= 11 is 0. The van der Waals surface area contributed by atoms with E-state index in [-0.39, 0.29) is 0 Å². The summed E-state index contributed by atoms with van der Waals surface area (Å²) in [4.78, 5) is 0. The average molecular weight is 328 g/mol. The van der Waals surface area contributed by atoms with Gasteiger partial charge in [0.15, 0.2) is 11.5 Å². The maximum Gasteiger partial charge on any atom is 0.231 e. The molecule has 0 saturated heterocycles. The average Bonchev–Trinajstić information content (AvgIpc) is 3.06. The molecule has 1 aliphatic heterocycles. The highest BCUT2D eigenvalue weighted by atomic mass is 16.7. The van der Waals surface area contributed by atoms with E-state index in [1.165, 1.54) is 11.1 Å². The van der Waals surface area contributed by atoms with Crippen LogP contribution in [0.3, 0.4) is 0 Å². The molecule has 0 aromatic heterocycles. The molecule has 5 heteroatoms. The molecule has 0 atom stereocenters. The number of nitrogens with two attached hydrogens (primary N) is 1. The van der Waals surface area contributed by atoms with Gasteiger partial charge in [0.1, 0.15) is 5.75 Å². The largest absolute Gasteiger partial charge is 0.491 e. The maximum atomic E-state index is 6.04. The van der Waals surface area contributed by atoms with Crippen molar-refractivity contribution in [1.82, 2.24) is 5.32 Å². The summed E-state index contributed by atoms with van der Waals surface area (Å²) < 4.78 is 16.3. The number of nitrogen functional groups attached to an aromatic ring is 1. The van der Waals surface area contributed by atoms with E-state index >= 15 is 0 Å². The molecule has 0 spiro atoms. The molecule has 3 rings (SSSR count). The molecule has 0 aliphatic carbocycles. The number of fused-ring (bicyclic) bond motifs is 1. The van der Waals surface area contributed by atoms with Gasteiger partial charge in [0.2, 0.25) is 6.79 Å². The van der Waals surface area contributed by atoms with Crippen LogP contribution in [0.2, 0.25) is 0 Å². The van der Waals surface area contributed by atoms with Gasteiger partial charge in [-0.2, -0.15) is 0 Å². The van der Waals surface area contributed by atoms with Crippen molar-refractivity contribution in [3.8, 4) is 17.2 Å². The Kier molecular flexibility index (Phi) is 5.43. The highest BCUT2D eigenvalue weighted by Crippen LogP contribution is 2.32. The minimum atomic E-state index is 0.311. The Morgan fingerprint density at radius 1 is 1.08 bits per heavy atom. The normalized spacial score (nSPS) is 12.4. The monoisotopic (exact) mass is 328 g/mol. The summed E-state index contributed by atoms with van der Waals surface area (Å²) in [5.41, 5.74) is 9.13. The van der Waals surface area contributed by atoms with Crippen molar-refractivity contribution in [2.24, 2.45) is 0 Å². The van der Waals surface area contributed by atoms with E-state index in [1.807, 2.05) is 24.3 Å². The zero-order chi connectivity index (χ0) is 16.8. The molecule has 3 N–H and O–H groups in total. The van der Waals surface area contributed by atoms with Crippen molar-refractivity contribution < 1.29 is 14.2 Å². The molecule has 0 fully saturated rings.